The standard InChI is InChI=1S/C10H11F3INO/c1-2-16-8-5-3-7(4-6-8)9(14,15)10(11,12)13/h3-6H,2,15H2,1H3/t9-/m0/s1. The zero-order valence-electron chi connectivity index (χ0n) is 8.51. The molecule has 0 aliphatic rings. The number of alkyl halides is 4. The first-order chi connectivity index (χ1) is 7.29. The summed E-state index contributed by atoms with van der Waals surface area (Å²) in [6.45, 7) is 2.27. The predicted octanol–water partition coefficient (Wildman–Crippen LogP) is 3.19. The Kier molecular flexibility index (Phi) is 4.06. The number of benzene rings is 1. The zero-order chi connectivity index (χ0) is 12.4. The van der Waals surface area contributed by atoms with Crippen LogP contribution in [0.15, 0.2) is 24.3 Å². The van der Waals surface area contributed by atoms with Gasteiger partial charge in [0.15, 0.2) is 3.55 Å². The van der Waals surface area contributed by atoms with Crippen molar-refractivity contribution >= 4 is 22.6 Å². The summed E-state index contributed by atoms with van der Waals surface area (Å²) in [6, 6.07) is 5.60. The van der Waals surface area contributed by atoms with Gasteiger partial charge < -0.3 is 10.5 Å². The fourth-order valence-electron chi connectivity index (χ4n) is 1.12. The Morgan fingerprint density at radius 2 is 1.75 bits per heavy atom. The number of hydrogen-bond donors (Lipinski definition) is 1. The molecule has 0 aliphatic heterocycles. The van der Waals surface area contributed by atoms with Crippen LogP contribution in [0.25, 0.3) is 0 Å². The van der Waals surface area contributed by atoms with E-state index < -0.39 is 9.72 Å². The lowest BCUT2D eigenvalue weighted by atomic mass is 10.1. The third kappa shape index (κ3) is 2.79. The minimum Gasteiger partial charge on any atom is -0.494 e. The Balaban J connectivity index is 2.97. The lowest BCUT2D eigenvalue weighted by molar-refractivity contribution is -0.155. The van der Waals surface area contributed by atoms with Gasteiger partial charge in [-0.05, 0) is 47.2 Å². The molecule has 0 saturated carbocycles. The van der Waals surface area contributed by atoms with Crippen LogP contribution in [0.1, 0.15) is 12.5 Å². The van der Waals surface area contributed by atoms with Crippen LogP contribution in [-0.2, 0) is 3.55 Å². The van der Waals surface area contributed by atoms with Gasteiger partial charge in [-0.2, -0.15) is 13.2 Å². The van der Waals surface area contributed by atoms with E-state index >= 15 is 0 Å². The highest BCUT2D eigenvalue weighted by Gasteiger charge is 2.51. The van der Waals surface area contributed by atoms with Crippen LogP contribution in [0, 0.1) is 0 Å². The molecule has 1 atom stereocenters. The molecule has 0 bridgehead atoms. The molecule has 2 nitrogen and oxygen atoms in total. The van der Waals surface area contributed by atoms with Gasteiger partial charge in [0.1, 0.15) is 5.75 Å². The fourth-order valence-corrected chi connectivity index (χ4v) is 1.48. The first kappa shape index (κ1) is 13.6. The molecule has 0 radical (unpaired) electrons. The van der Waals surface area contributed by atoms with Crippen LogP contribution < -0.4 is 10.5 Å². The average molecular weight is 345 g/mol. The number of rotatable bonds is 3. The van der Waals surface area contributed by atoms with Crippen molar-refractivity contribution in [3.8, 4) is 5.75 Å². The zero-order valence-corrected chi connectivity index (χ0v) is 10.7. The fraction of sp³-hybridized carbons (Fsp3) is 0.400. The summed E-state index contributed by atoms with van der Waals surface area (Å²) < 4.78 is 40.6. The van der Waals surface area contributed by atoms with Gasteiger partial charge >= 0.3 is 6.18 Å². The molecule has 0 unspecified atom stereocenters. The van der Waals surface area contributed by atoms with E-state index in [9.17, 15) is 13.2 Å². The van der Waals surface area contributed by atoms with Gasteiger partial charge in [-0.3, -0.25) is 0 Å². The van der Waals surface area contributed by atoms with E-state index in [4.69, 9.17) is 10.5 Å². The third-order valence-corrected chi connectivity index (χ3v) is 3.23. The summed E-state index contributed by atoms with van der Waals surface area (Å²) in [4.78, 5) is 0. The average Bonchev–Trinajstić information content (AvgIpc) is 2.17. The maximum absolute atomic E-state index is 12.6. The molecule has 0 aliphatic carbocycles. The lowest BCUT2D eigenvalue weighted by Crippen LogP contribution is -2.44. The highest BCUT2D eigenvalue weighted by molar-refractivity contribution is 14.1. The molecule has 1 aromatic carbocycles. The van der Waals surface area contributed by atoms with Crippen molar-refractivity contribution in [2.45, 2.75) is 16.6 Å². The van der Waals surface area contributed by atoms with Gasteiger partial charge in [-0.25, -0.2) is 0 Å². The van der Waals surface area contributed by atoms with Gasteiger partial charge in [-0.15, -0.1) is 0 Å². The molecule has 6 heteroatoms. The number of halogens is 4. The maximum Gasteiger partial charge on any atom is 0.419 e. The summed E-state index contributed by atoms with van der Waals surface area (Å²) in [7, 11) is 0. The molecule has 0 amide bonds. The Labute approximate surface area is 105 Å². The minimum atomic E-state index is -4.49. The lowest BCUT2D eigenvalue weighted by Gasteiger charge is -2.26. The molecule has 1 rings (SSSR count). The maximum atomic E-state index is 12.6. The molecule has 2 N–H and O–H groups in total. The van der Waals surface area contributed by atoms with Crippen LogP contribution in [0.4, 0.5) is 13.2 Å². The summed E-state index contributed by atoms with van der Waals surface area (Å²) >= 11 is 1.19. The topological polar surface area (TPSA) is 35.2 Å². The molecule has 0 spiro atoms. The van der Waals surface area contributed by atoms with Crippen molar-refractivity contribution in [3.05, 3.63) is 29.8 Å². The van der Waals surface area contributed by atoms with Crippen molar-refractivity contribution in [1.82, 2.24) is 0 Å². The summed E-state index contributed by atoms with van der Waals surface area (Å²) in [5.41, 5.74) is 5.26. The van der Waals surface area contributed by atoms with Crippen LogP contribution >= 0.6 is 22.6 Å². The third-order valence-electron chi connectivity index (χ3n) is 2.00. The normalized spacial score (nSPS) is 15.6. The van der Waals surface area contributed by atoms with Crippen molar-refractivity contribution in [2.75, 3.05) is 6.61 Å². The van der Waals surface area contributed by atoms with Crippen molar-refractivity contribution < 1.29 is 17.9 Å². The number of ether oxygens (including phenoxy) is 1. The predicted molar refractivity (Wildman–Crippen MR) is 63.6 cm³/mol. The van der Waals surface area contributed by atoms with E-state index in [1.54, 1.807) is 6.92 Å². The van der Waals surface area contributed by atoms with E-state index in [-0.39, 0.29) is 5.56 Å². The monoisotopic (exact) mass is 345 g/mol. The van der Waals surface area contributed by atoms with Gasteiger partial charge in [-0.1, -0.05) is 12.1 Å². The minimum absolute atomic E-state index is 0.00375. The van der Waals surface area contributed by atoms with E-state index in [1.807, 2.05) is 0 Å². The van der Waals surface area contributed by atoms with Crippen molar-refractivity contribution in [3.63, 3.8) is 0 Å². The highest BCUT2D eigenvalue weighted by Crippen LogP contribution is 2.42. The van der Waals surface area contributed by atoms with Gasteiger partial charge in [0.2, 0.25) is 0 Å². The van der Waals surface area contributed by atoms with E-state index in [0.29, 0.717) is 12.4 Å². The van der Waals surface area contributed by atoms with Crippen molar-refractivity contribution in [2.24, 2.45) is 5.73 Å². The van der Waals surface area contributed by atoms with Crippen LogP contribution in [-0.4, -0.2) is 12.8 Å². The first-order valence-electron chi connectivity index (χ1n) is 4.57. The van der Waals surface area contributed by atoms with E-state index in [1.165, 1.54) is 46.9 Å². The van der Waals surface area contributed by atoms with Gasteiger partial charge in [0.05, 0.1) is 6.61 Å². The molecular formula is C10H11F3INO. The quantitative estimate of drug-likeness (QED) is 0.519. The van der Waals surface area contributed by atoms with E-state index in [0.717, 1.165) is 0 Å². The second-order valence-electron chi connectivity index (χ2n) is 3.17. The molecular weight excluding hydrogens is 334 g/mol. The van der Waals surface area contributed by atoms with Crippen molar-refractivity contribution in [1.29, 1.82) is 0 Å². The molecule has 0 heterocycles. The molecule has 0 fully saturated rings. The number of nitrogens with two attached hydrogens (primary N) is 1. The second kappa shape index (κ2) is 4.79. The first-order valence-corrected chi connectivity index (χ1v) is 5.64. The highest BCUT2D eigenvalue weighted by atomic mass is 127. The number of hydrogen-bond acceptors (Lipinski definition) is 2. The SMILES string of the molecule is CCOc1ccc([C@@](N)(I)C(F)(F)F)cc1. The second-order valence-corrected chi connectivity index (χ2v) is 4.87. The Hall–Kier alpha value is -0.500. The summed E-state index contributed by atoms with van der Waals surface area (Å²) in [5, 5.41) is 0. The molecule has 0 saturated heterocycles. The van der Waals surface area contributed by atoms with Gasteiger partial charge in [0, 0.05) is 0 Å². The van der Waals surface area contributed by atoms with Crippen LogP contribution in [0.3, 0.4) is 0 Å². The van der Waals surface area contributed by atoms with Crippen LogP contribution in [0.2, 0.25) is 0 Å². The Bertz CT molecular complexity index is 348. The largest absolute Gasteiger partial charge is 0.494 e. The Morgan fingerprint density at radius 3 is 2.12 bits per heavy atom. The summed E-state index contributed by atoms with van der Waals surface area (Å²) in [6.07, 6.45) is -4.49. The smallest absolute Gasteiger partial charge is 0.419 e. The molecule has 16 heavy (non-hydrogen) atoms. The van der Waals surface area contributed by atoms with Gasteiger partial charge in [0.25, 0.3) is 0 Å². The summed E-state index contributed by atoms with van der Waals surface area (Å²) in [5.74, 6) is 0.528. The molecule has 1 aromatic rings. The molecule has 0 aromatic heterocycles. The van der Waals surface area contributed by atoms with E-state index in [2.05, 4.69) is 0 Å². The molecule has 90 valence electrons. The van der Waals surface area contributed by atoms with Crippen LogP contribution in [0.5, 0.6) is 5.75 Å². The Morgan fingerprint density at radius 1 is 1.25 bits per heavy atom.